The van der Waals surface area contributed by atoms with Crippen molar-refractivity contribution in [3.8, 4) is 0 Å². The Morgan fingerprint density at radius 2 is 2.16 bits per heavy atom. The number of amides is 1. The van der Waals surface area contributed by atoms with E-state index in [0.717, 1.165) is 58.6 Å². The smallest absolute Gasteiger partial charge is 0.234 e. The lowest BCUT2D eigenvalue weighted by atomic mass is 10.0. The predicted octanol–water partition coefficient (Wildman–Crippen LogP) is 0.575. The second-order valence-corrected chi connectivity index (χ2v) is 7.16. The van der Waals surface area contributed by atoms with Crippen LogP contribution in [0.25, 0.3) is 0 Å². The monoisotopic (exact) mass is 349 g/mol. The van der Waals surface area contributed by atoms with Crippen LogP contribution in [0.1, 0.15) is 26.2 Å². The lowest BCUT2D eigenvalue weighted by Crippen LogP contribution is -2.52. The molecule has 0 unspecified atom stereocenters. The quantitative estimate of drug-likeness (QED) is 0.730. The van der Waals surface area contributed by atoms with Crippen LogP contribution < -0.4 is 5.32 Å². The van der Waals surface area contributed by atoms with E-state index < -0.39 is 0 Å². The summed E-state index contributed by atoms with van der Waals surface area (Å²) in [7, 11) is 0. The molecule has 2 saturated heterocycles. The molecule has 7 nitrogen and oxygen atoms in total. The van der Waals surface area contributed by atoms with Gasteiger partial charge in [0.15, 0.2) is 0 Å². The van der Waals surface area contributed by atoms with Crippen LogP contribution in [0.5, 0.6) is 0 Å². The molecule has 7 heteroatoms. The molecule has 1 N–H and O–H groups in total. The number of rotatable bonds is 7. The number of piperidine rings is 1. The normalized spacial score (nSPS) is 23.6. The lowest BCUT2D eigenvalue weighted by Gasteiger charge is -2.41. The van der Waals surface area contributed by atoms with Crippen molar-refractivity contribution in [2.24, 2.45) is 0 Å². The topological polar surface area (TPSA) is 62.6 Å². The second-order valence-electron chi connectivity index (χ2n) is 7.16. The van der Waals surface area contributed by atoms with Gasteiger partial charge in [0.2, 0.25) is 5.91 Å². The van der Waals surface area contributed by atoms with Crippen LogP contribution in [0.15, 0.2) is 18.5 Å². The molecule has 1 aromatic rings. The van der Waals surface area contributed by atoms with E-state index in [4.69, 9.17) is 4.74 Å². The van der Waals surface area contributed by atoms with Gasteiger partial charge in [-0.2, -0.15) is 5.10 Å². The van der Waals surface area contributed by atoms with Crippen LogP contribution in [-0.2, 0) is 16.1 Å². The molecule has 1 aromatic heterocycles. The fraction of sp³-hybridized carbons (Fsp3) is 0.778. The van der Waals surface area contributed by atoms with Gasteiger partial charge in [-0.1, -0.05) is 0 Å². The first-order valence-corrected chi connectivity index (χ1v) is 9.53. The number of carbonyl (C=O) groups excluding carboxylic acids is 1. The summed E-state index contributed by atoms with van der Waals surface area (Å²) in [5.74, 6) is 0.138. The Bertz CT molecular complexity index is 514. The summed E-state index contributed by atoms with van der Waals surface area (Å²) >= 11 is 0. The van der Waals surface area contributed by atoms with Gasteiger partial charge in [0.1, 0.15) is 0 Å². The van der Waals surface area contributed by atoms with Gasteiger partial charge in [0, 0.05) is 57.7 Å². The minimum atomic E-state index is 0.138. The highest BCUT2D eigenvalue weighted by atomic mass is 16.5. The highest BCUT2D eigenvalue weighted by molar-refractivity contribution is 5.77. The van der Waals surface area contributed by atoms with E-state index in [1.165, 1.54) is 0 Å². The molecule has 1 amide bonds. The van der Waals surface area contributed by atoms with Crippen LogP contribution >= 0.6 is 0 Å². The summed E-state index contributed by atoms with van der Waals surface area (Å²) in [5.41, 5.74) is 0. The number of hydrogen-bond acceptors (Lipinski definition) is 5. The van der Waals surface area contributed by atoms with E-state index in [1.807, 2.05) is 16.9 Å². The third kappa shape index (κ3) is 5.80. The molecular formula is C18H31N5O2. The van der Waals surface area contributed by atoms with E-state index in [9.17, 15) is 4.79 Å². The Hall–Kier alpha value is -1.44. The maximum Gasteiger partial charge on any atom is 0.234 e. The number of nitrogens with one attached hydrogen (secondary N) is 1. The van der Waals surface area contributed by atoms with Crippen molar-refractivity contribution in [2.75, 3.05) is 45.9 Å². The Morgan fingerprint density at radius 3 is 2.88 bits per heavy atom. The highest BCUT2D eigenvalue weighted by Gasteiger charge is 2.28. The van der Waals surface area contributed by atoms with Gasteiger partial charge in [-0.25, -0.2) is 0 Å². The van der Waals surface area contributed by atoms with Crippen molar-refractivity contribution in [3.05, 3.63) is 18.5 Å². The molecule has 0 aromatic carbocycles. The standard InChI is InChI=1S/C18H31N5O2/c1-16-14-22(12-13-25-16)17-4-10-21(11-5-17)15-18(24)19-6-2-8-23-9-3-7-20-23/h3,7,9,16-17H,2,4-6,8,10-15H2,1H3,(H,19,24)/t16-/m0/s1. The van der Waals surface area contributed by atoms with Crippen LogP contribution in [0.2, 0.25) is 0 Å². The number of ether oxygens (including phenoxy) is 1. The fourth-order valence-electron chi connectivity index (χ4n) is 3.78. The number of hydrogen-bond donors (Lipinski definition) is 1. The van der Waals surface area contributed by atoms with Crippen molar-refractivity contribution < 1.29 is 9.53 Å². The first kappa shape index (κ1) is 18.4. The summed E-state index contributed by atoms with van der Waals surface area (Å²) in [5, 5.41) is 7.18. The summed E-state index contributed by atoms with van der Waals surface area (Å²) in [4.78, 5) is 16.9. The van der Waals surface area contributed by atoms with Crippen LogP contribution in [0.4, 0.5) is 0 Å². The maximum atomic E-state index is 12.1. The molecule has 2 fully saturated rings. The largest absolute Gasteiger partial charge is 0.376 e. The van der Waals surface area contributed by atoms with Crippen LogP contribution in [-0.4, -0.2) is 83.5 Å². The highest BCUT2D eigenvalue weighted by Crippen LogP contribution is 2.19. The first-order valence-electron chi connectivity index (χ1n) is 9.53. The molecule has 2 aliphatic rings. The first-order chi connectivity index (χ1) is 12.2. The third-order valence-electron chi connectivity index (χ3n) is 5.16. The van der Waals surface area contributed by atoms with E-state index >= 15 is 0 Å². The summed E-state index contributed by atoms with van der Waals surface area (Å²) in [6.45, 7) is 9.19. The van der Waals surface area contributed by atoms with Gasteiger partial charge in [-0.15, -0.1) is 0 Å². The van der Waals surface area contributed by atoms with Gasteiger partial charge in [0.25, 0.3) is 0 Å². The molecule has 0 spiro atoms. The zero-order chi connectivity index (χ0) is 17.5. The van der Waals surface area contributed by atoms with Crippen molar-refractivity contribution in [1.29, 1.82) is 0 Å². The minimum Gasteiger partial charge on any atom is -0.376 e. The average molecular weight is 349 g/mol. The molecule has 0 bridgehead atoms. The molecule has 1 atom stereocenters. The van der Waals surface area contributed by atoms with E-state index in [0.29, 0.717) is 25.2 Å². The SMILES string of the molecule is C[C@H]1CN(C2CCN(CC(=O)NCCCn3cccn3)CC2)CCO1. The van der Waals surface area contributed by atoms with Gasteiger partial charge in [0.05, 0.1) is 19.3 Å². The predicted molar refractivity (Wildman–Crippen MR) is 96.3 cm³/mol. The Labute approximate surface area is 150 Å². The van der Waals surface area contributed by atoms with Crippen LogP contribution in [0, 0.1) is 0 Å². The van der Waals surface area contributed by atoms with Crippen LogP contribution in [0.3, 0.4) is 0 Å². The number of nitrogens with zero attached hydrogens (tertiary/aromatic N) is 4. The van der Waals surface area contributed by atoms with Crippen molar-refractivity contribution >= 4 is 5.91 Å². The van der Waals surface area contributed by atoms with E-state index in [-0.39, 0.29) is 5.91 Å². The number of likely N-dealkylation sites (tertiary alicyclic amines) is 1. The van der Waals surface area contributed by atoms with Gasteiger partial charge in [-0.3, -0.25) is 19.3 Å². The van der Waals surface area contributed by atoms with Crippen molar-refractivity contribution in [2.45, 2.75) is 44.9 Å². The third-order valence-corrected chi connectivity index (χ3v) is 5.16. The summed E-state index contributed by atoms with van der Waals surface area (Å²) < 4.78 is 7.52. The maximum absolute atomic E-state index is 12.1. The zero-order valence-electron chi connectivity index (χ0n) is 15.3. The summed E-state index contributed by atoms with van der Waals surface area (Å²) in [6, 6.07) is 2.57. The minimum absolute atomic E-state index is 0.138. The van der Waals surface area contributed by atoms with Gasteiger partial charge in [-0.05, 0) is 32.3 Å². The summed E-state index contributed by atoms with van der Waals surface area (Å²) in [6.07, 6.45) is 7.28. The second kappa shape index (κ2) is 9.31. The Kier molecular flexibility index (Phi) is 6.84. The molecular weight excluding hydrogens is 318 g/mol. The molecule has 3 rings (SSSR count). The van der Waals surface area contributed by atoms with E-state index in [1.54, 1.807) is 6.20 Å². The molecule has 140 valence electrons. The van der Waals surface area contributed by atoms with E-state index in [2.05, 4.69) is 27.1 Å². The number of aromatic nitrogens is 2. The Balaban J connectivity index is 1.28. The molecule has 3 heterocycles. The number of morpholine rings is 1. The van der Waals surface area contributed by atoms with Crippen molar-refractivity contribution in [1.82, 2.24) is 24.9 Å². The average Bonchev–Trinajstić information content (AvgIpc) is 3.13. The molecule has 0 radical (unpaired) electrons. The molecule has 0 aliphatic carbocycles. The van der Waals surface area contributed by atoms with Gasteiger partial charge >= 0.3 is 0 Å². The Morgan fingerprint density at radius 1 is 1.32 bits per heavy atom. The fourth-order valence-corrected chi connectivity index (χ4v) is 3.78. The number of carbonyl (C=O) groups is 1. The number of aryl methyl sites for hydroxylation is 1. The molecule has 0 saturated carbocycles. The molecule has 25 heavy (non-hydrogen) atoms. The zero-order valence-corrected chi connectivity index (χ0v) is 15.3. The van der Waals surface area contributed by atoms with Crippen molar-refractivity contribution in [3.63, 3.8) is 0 Å². The van der Waals surface area contributed by atoms with Gasteiger partial charge < -0.3 is 10.1 Å². The molecule has 2 aliphatic heterocycles. The lowest BCUT2D eigenvalue weighted by molar-refractivity contribution is -0.122.